The fourth-order valence-electron chi connectivity index (χ4n) is 2.39. The molecule has 0 saturated carbocycles. The van der Waals surface area contributed by atoms with Crippen LogP contribution in [0.4, 0.5) is 0 Å². The van der Waals surface area contributed by atoms with Crippen molar-refractivity contribution in [2.24, 2.45) is 0 Å². The van der Waals surface area contributed by atoms with Crippen molar-refractivity contribution in [1.29, 1.82) is 0 Å². The zero-order chi connectivity index (χ0) is 15.4. The van der Waals surface area contributed by atoms with Crippen LogP contribution in [0.3, 0.4) is 0 Å². The molecule has 1 saturated heterocycles. The smallest absolute Gasteiger partial charge is 0.313 e. The maximum atomic E-state index is 10.8. The number of thioether (sulfide) groups is 1. The second-order valence-electron chi connectivity index (χ2n) is 4.97. The second-order valence-corrected chi connectivity index (χ2v) is 5.91. The molecule has 7 nitrogen and oxygen atoms in total. The van der Waals surface area contributed by atoms with Crippen molar-refractivity contribution < 1.29 is 14.6 Å². The Kier molecular flexibility index (Phi) is 4.69. The van der Waals surface area contributed by atoms with Gasteiger partial charge in [0.25, 0.3) is 0 Å². The number of carboxylic acids is 1. The molecular weight excluding hydrogens is 304 g/mol. The first kappa shape index (κ1) is 15.0. The molecule has 0 aromatic carbocycles. The Morgan fingerprint density at radius 2 is 2.23 bits per heavy atom. The van der Waals surface area contributed by atoms with E-state index in [1.807, 2.05) is 16.7 Å². The van der Waals surface area contributed by atoms with E-state index in [2.05, 4.69) is 15.2 Å². The Morgan fingerprint density at radius 1 is 1.41 bits per heavy atom. The predicted octanol–water partition coefficient (Wildman–Crippen LogP) is 1.70. The first-order valence-corrected chi connectivity index (χ1v) is 8.02. The van der Waals surface area contributed by atoms with Crippen LogP contribution < -0.4 is 0 Å². The third-order valence-electron chi connectivity index (χ3n) is 3.39. The van der Waals surface area contributed by atoms with Crippen LogP contribution in [0.25, 0.3) is 11.4 Å². The van der Waals surface area contributed by atoms with Crippen molar-refractivity contribution >= 4 is 17.7 Å². The highest BCUT2D eigenvalue weighted by atomic mass is 32.2. The highest BCUT2D eigenvalue weighted by Crippen LogP contribution is 2.26. The molecule has 2 aromatic heterocycles. The number of hydrogen-bond donors (Lipinski definition) is 1. The van der Waals surface area contributed by atoms with Crippen LogP contribution in [0.2, 0.25) is 0 Å². The molecule has 2 aromatic rings. The van der Waals surface area contributed by atoms with Gasteiger partial charge in [-0.1, -0.05) is 11.8 Å². The number of hydrogen-bond acceptors (Lipinski definition) is 6. The molecule has 3 rings (SSSR count). The molecule has 1 aliphatic heterocycles. The van der Waals surface area contributed by atoms with E-state index in [0.717, 1.165) is 25.0 Å². The minimum atomic E-state index is -0.873. The molecular formula is C14H16N4O3S. The number of aromatic nitrogens is 4. The molecule has 8 heteroatoms. The van der Waals surface area contributed by atoms with Gasteiger partial charge in [0.1, 0.15) is 0 Å². The first-order valence-electron chi connectivity index (χ1n) is 7.04. The monoisotopic (exact) mass is 320 g/mol. The van der Waals surface area contributed by atoms with Crippen molar-refractivity contribution in [2.45, 2.75) is 30.6 Å². The van der Waals surface area contributed by atoms with Gasteiger partial charge < -0.3 is 9.84 Å². The summed E-state index contributed by atoms with van der Waals surface area (Å²) < 4.78 is 7.63. The van der Waals surface area contributed by atoms with E-state index in [1.165, 1.54) is 11.8 Å². The standard InChI is InChI=1S/C14H16N4O3S/c19-12(20)9-22-14-17-16-13(10-3-5-15-6-4-10)18(14)8-11-2-1-7-21-11/h3-6,11H,1-2,7-9H2,(H,19,20). The number of rotatable bonds is 6. The number of aliphatic carboxylic acids is 1. The van der Waals surface area contributed by atoms with Gasteiger partial charge in [0.15, 0.2) is 11.0 Å². The lowest BCUT2D eigenvalue weighted by molar-refractivity contribution is -0.133. The van der Waals surface area contributed by atoms with Crippen LogP contribution in [0.5, 0.6) is 0 Å². The topological polar surface area (TPSA) is 90.1 Å². The molecule has 3 heterocycles. The van der Waals surface area contributed by atoms with Crippen LogP contribution in [0, 0.1) is 0 Å². The Morgan fingerprint density at radius 3 is 2.91 bits per heavy atom. The summed E-state index contributed by atoms with van der Waals surface area (Å²) in [5.41, 5.74) is 0.905. The van der Waals surface area contributed by atoms with Crippen molar-refractivity contribution in [1.82, 2.24) is 19.7 Å². The summed E-state index contributed by atoms with van der Waals surface area (Å²) in [5, 5.41) is 17.8. The van der Waals surface area contributed by atoms with Gasteiger partial charge in [0.05, 0.1) is 18.4 Å². The van der Waals surface area contributed by atoms with E-state index < -0.39 is 5.97 Å². The summed E-state index contributed by atoms with van der Waals surface area (Å²) in [6.07, 6.45) is 5.57. The molecule has 1 fully saturated rings. The summed E-state index contributed by atoms with van der Waals surface area (Å²) in [6, 6.07) is 3.73. The number of nitrogens with zero attached hydrogens (tertiary/aromatic N) is 4. The van der Waals surface area contributed by atoms with Crippen LogP contribution in [0.1, 0.15) is 12.8 Å². The van der Waals surface area contributed by atoms with E-state index in [4.69, 9.17) is 9.84 Å². The summed E-state index contributed by atoms with van der Waals surface area (Å²) in [6.45, 7) is 1.40. The number of pyridine rings is 1. The molecule has 22 heavy (non-hydrogen) atoms. The highest BCUT2D eigenvalue weighted by Gasteiger charge is 2.22. The van der Waals surface area contributed by atoms with Crippen molar-refractivity contribution in [3.05, 3.63) is 24.5 Å². The molecule has 0 radical (unpaired) electrons. The van der Waals surface area contributed by atoms with E-state index in [0.29, 0.717) is 17.5 Å². The van der Waals surface area contributed by atoms with Crippen molar-refractivity contribution in [3.8, 4) is 11.4 Å². The highest BCUT2D eigenvalue weighted by molar-refractivity contribution is 7.99. The largest absolute Gasteiger partial charge is 0.481 e. The maximum absolute atomic E-state index is 10.8. The quantitative estimate of drug-likeness (QED) is 0.810. The normalized spacial score (nSPS) is 17.7. The number of ether oxygens (including phenoxy) is 1. The SMILES string of the molecule is O=C(O)CSc1nnc(-c2ccncc2)n1CC1CCCO1. The van der Waals surface area contributed by atoms with Gasteiger partial charge in [-0.3, -0.25) is 14.3 Å². The molecule has 116 valence electrons. The van der Waals surface area contributed by atoms with Gasteiger partial charge >= 0.3 is 5.97 Å². The van der Waals surface area contributed by atoms with E-state index in [-0.39, 0.29) is 11.9 Å². The minimum Gasteiger partial charge on any atom is -0.481 e. The number of carbonyl (C=O) groups is 1. The van der Waals surface area contributed by atoms with Gasteiger partial charge in [-0.05, 0) is 25.0 Å². The number of carboxylic acid groups (broad SMARTS) is 1. The molecule has 1 N–H and O–H groups in total. The van der Waals surface area contributed by atoms with Crippen LogP contribution in [-0.2, 0) is 16.1 Å². The molecule has 1 atom stereocenters. The van der Waals surface area contributed by atoms with Gasteiger partial charge in [-0.2, -0.15) is 0 Å². The molecule has 1 unspecified atom stereocenters. The molecule has 0 aliphatic carbocycles. The Bertz CT molecular complexity index is 641. The summed E-state index contributed by atoms with van der Waals surface area (Å²) in [7, 11) is 0. The lowest BCUT2D eigenvalue weighted by Crippen LogP contribution is -2.17. The molecule has 0 spiro atoms. The van der Waals surface area contributed by atoms with Crippen molar-refractivity contribution in [3.63, 3.8) is 0 Å². The molecule has 0 amide bonds. The van der Waals surface area contributed by atoms with E-state index in [1.54, 1.807) is 12.4 Å². The first-order chi connectivity index (χ1) is 10.7. The molecule has 0 bridgehead atoms. The minimum absolute atomic E-state index is 0.0417. The second kappa shape index (κ2) is 6.89. The predicted molar refractivity (Wildman–Crippen MR) is 80.6 cm³/mol. The summed E-state index contributed by atoms with van der Waals surface area (Å²) in [5.74, 6) is -0.201. The summed E-state index contributed by atoms with van der Waals surface area (Å²) in [4.78, 5) is 14.8. The van der Waals surface area contributed by atoms with Gasteiger partial charge in [0.2, 0.25) is 0 Å². The zero-order valence-corrected chi connectivity index (χ0v) is 12.7. The third-order valence-corrected chi connectivity index (χ3v) is 4.34. The van der Waals surface area contributed by atoms with Gasteiger partial charge in [-0.15, -0.1) is 10.2 Å². The van der Waals surface area contributed by atoms with Crippen molar-refractivity contribution in [2.75, 3.05) is 12.4 Å². The van der Waals surface area contributed by atoms with Crippen LogP contribution >= 0.6 is 11.8 Å². The zero-order valence-electron chi connectivity index (χ0n) is 11.9. The van der Waals surface area contributed by atoms with E-state index >= 15 is 0 Å². The Labute approximate surface area is 131 Å². The summed E-state index contributed by atoms with van der Waals surface area (Å²) >= 11 is 1.17. The van der Waals surface area contributed by atoms with Crippen LogP contribution in [-0.4, -0.2) is 49.3 Å². The van der Waals surface area contributed by atoms with Gasteiger partial charge in [-0.25, -0.2) is 0 Å². The average Bonchev–Trinajstić information content (AvgIpc) is 3.16. The Hall–Kier alpha value is -1.93. The van der Waals surface area contributed by atoms with Crippen LogP contribution in [0.15, 0.2) is 29.7 Å². The third kappa shape index (κ3) is 3.45. The fourth-order valence-corrected chi connectivity index (χ4v) is 3.06. The molecule has 1 aliphatic rings. The fraction of sp³-hybridized carbons (Fsp3) is 0.429. The Balaban J connectivity index is 1.89. The lowest BCUT2D eigenvalue weighted by Gasteiger charge is -2.14. The van der Waals surface area contributed by atoms with E-state index in [9.17, 15) is 4.79 Å². The maximum Gasteiger partial charge on any atom is 0.313 e. The van der Waals surface area contributed by atoms with Gasteiger partial charge in [0, 0.05) is 24.6 Å². The average molecular weight is 320 g/mol. The lowest BCUT2D eigenvalue weighted by atomic mass is 10.2.